The van der Waals surface area contributed by atoms with Gasteiger partial charge in [0.15, 0.2) is 5.11 Å². The van der Waals surface area contributed by atoms with Gasteiger partial charge in [-0.3, -0.25) is 10.2 Å². The number of hydrogen-bond acceptors (Lipinski definition) is 4. The Balaban J connectivity index is 1.63. The van der Waals surface area contributed by atoms with E-state index in [0.29, 0.717) is 29.2 Å². The number of Topliss-reactive ketones (excluding diaryl/α,β-unsaturated/α-hetero) is 1. The van der Waals surface area contributed by atoms with Gasteiger partial charge in [0.25, 0.3) is 0 Å². The highest BCUT2D eigenvalue weighted by Gasteiger charge is 2.58. The molecule has 166 valence electrons. The number of hydrazone groups is 1. The summed E-state index contributed by atoms with van der Waals surface area (Å²) in [7, 11) is 0. The number of benzene rings is 1. The maximum absolute atomic E-state index is 13.7. The van der Waals surface area contributed by atoms with Gasteiger partial charge in [0.05, 0.1) is 5.60 Å². The van der Waals surface area contributed by atoms with Crippen molar-refractivity contribution < 1.29 is 9.90 Å². The van der Waals surface area contributed by atoms with Gasteiger partial charge in [-0.05, 0) is 67.3 Å². The predicted molar refractivity (Wildman–Crippen MR) is 129 cm³/mol. The van der Waals surface area contributed by atoms with Gasteiger partial charge in [-0.15, -0.1) is 0 Å². The smallest absolute Gasteiger partial charge is 0.208 e. The van der Waals surface area contributed by atoms with E-state index in [1.807, 2.05) is 44.2 Å². The van der Waals surface area contributed by atoms with Crippen LogP contribution < -0.4 is 10.7 Å². The lowest BCUT2D eigenvalue weighted by Crippen LogP contribution is -2.56. The Morgan fingerprint density at radius 1 is 1.03 bits per heavy atom. The Labute approximate surface area is 190 Å². The van der Waals surface area contributed by atoms with Crippen molar-refractivity contribution in [2.24, 2.45) is 21.3 Å². The van der Waals surface area contributed by atoms with Crippen molar-refractivity contribution in [1.29, 1.82) is 0 Å². The average molecular weight is 440 g/mol. The molecule has 3 aliphatic carbocycles. The molecule has 5 nitrogen and oxygen atoms in total. The molecule has 0 aromatic heterocycles. The van der Waals surface area contributed by atoms with E-state index in [9.17, 15) is 9.90 Å². The van der Waals surface area contributed by atoms with Gasteiger partial charge in [0.2, 0.25) is 5.78 Å². The van der Waals surface area contributed by atoms with Gasteiger partial charge in [-0.25, -0.2) is 0 Å². The first-order valence-electron chi connectivity index (χ1n) is 11.0. The lowest BCUT2D eigenvalue weighted by Gasteiger charge is -2.57. The second-order valence-electron chi connectivity index (χ2n) is 11.5. The molecule has 0 heterocycles. The molecule has 0 spiro atoms. The van der Waals surface area contributed by atoms with Gasteiger partial charge in [-0.1, -0.05) is 58.4 Å². The SMILES string of the molecule is CC1(C)C[C@@]2(C)CC3=C(C(=O)/C(=N\NC(=S)Nc4ccccc4)C(C)(C)C3)[C@](O)(C1)C2. The summed E-state index contributed by atoms with van der Waals surface area (Å²) in [4.78, 5) is 13.7. The maximum Gasteiger partial charge on any atom is 0.208 e. The summed E-state index contributed by atoms with van der Waals surface area (Å²) in [5, 5.41) is 19.6. The second kappa shape index (κ2) is 7.24. The normalized spacial score (nSPS) is 32.5. The minimum atomic E-state index is -1.08. The van der Waals surface area contributed by atoms with Gasteiger partial charge in [0.1, 0.15) is 5.71 Å². The van der Waals surface area contributed by atoms with E-state index < -0.39 is 11.0 Å². The molecule has 1 fully saturated rings. The molecule has 3 N–H and O–H groups in total. The zero-order valence-corrected chi connectivity index (χ0v) is 19.9. The van der Waals surface area contributed by atoms with Crippen molar-refractivity contribution in [2.45, 2.75) is 72.3 Å². The van der Waals surface area contributed by atoms with Crippen LogP contribution in [0.5, 0.6) is 0 Å². The van der Waals surface area contributed by atoms with Crippen LogP contribution in [0.2, 0.25) is 0 Å². The van der Waals surface area contributed by atoms with Crippen molar-refractivity contribution in [3.05, 3.63) is 41.5 Å². The lowest BCUT2D eigenvalue weighted by atomic mass is 9.49. The second-order valence-corrected chi connectivity index (χ2v) is 11.9. The topological polar surface area (TPSA) is 73.7 Å². The number of nitrogens with zero attached hydrogens (tertiary/aromatic N) is 1. The van der Waals surface area contributed by atoms with E-state index in [1.54, 1.807) is 0 Å². The highest BCUT2D eigenvalue weighted by Crippen LogP contribution is 2.61. The van der Waals surface area contributed by atoms with E-state index in [2.05, 4.69) is 36.6 Å². The number of carbonyl (C=O) groups is 1. The third-order valence-corrected chi connectivity index (χ3v) is 7.09. The molecule has 1 saturated carbocycles. The lowest BCUT2D eigenvalue weighted by molar-refractivity contribution is -0.119. The number of thiocarbonyl (C=S) groups is 1. The Morgan fingerprint density at radius 2 is 1.71 bits per heavy atom. The Kier molecular flexibility index (Phi) is 5.17. The maximum atomic E-state index is 13.7. The van der Waals surface area contributed by atoms with Crippen LogP contribution in [0.25, 0.3) is 0 Å². The van der Waals surface area contributed by atoms with Gasteiger partial charge in [0, 0.05) is 16.7 Å². The van der Waals surface area contributed by atoms with Crippen molar-refractivity contribution in [1.82, 2.24) is 5.43 Å². The molecule has 0 radical (unpaired) electrons. The summed E-state index contributed by atoms with van der Waals surface area (Å²) in [6, 6.07) is 9.59. The van der Waals surface area contributed by atoms with Crippen LogP contribution >= 0.6 is 12.2 Å². The third-order valence-electron chi connectivity index (χ3n) is 6.89. The molecule has 0 saturated heterocycles. The minimum Gasteiger partial charge on any atom is -0.385 e. The Morgan fingerprint density at radius 3 is 2.39 bits per heavy atom. The fourth-order valence-electron chi connectivity index (χ4n) is 6.63. The average Bonchev–Trinajstić information content (AvgIpc) is 2.57. The summed E-state index contributed by atoms with van der Waals surface area (Å²) < 4.78 is 0. The number of fused-ring (bicyclic) bond motifs is 3. The largest absolute Gasteiger partial charge is 0.385 e. The number of ketones is 1. The predicted octanol–water partition coefficient (Wildman–Crippen LogP) is 4.98. The number of hydrogen-bond donors (Lipinski definition) is 3. The number of para-hydroxylation sites is 1. The molecule has 0 amide bonds. The number of carbonyl (C=O) groups excluding carboxylic acids is 1. The first kappa shape index (κ1) is 22.2. The van der Waals surface area contributed by atoms with E-state index in [-0.39, 0.29) is 16.6 Å². The zero-order valence-electron chi connectivity index (χ0n) is 19.1. The highest BCUT2D eigenvalue weighted by atomic mass is 32.1. The van der Waals surface area contributed by atoms with Gasteiger partial charge in [-0.2, -0.15) is 5.10 Å². The standard InChI is InChI=1S/C25H33N3O2S/c1-22(2)13-24(5)12-16-11-23(3,4)20(19(29)18(16)25(30,14-22)15-24)27-28-21(31)26-17-9-7-6-8-10-17/h6-10,30H,11-15H2,1-5H3,(H2,26,28,31)/b27-20+/t24-,25+/m1/s1. The molecule has 0 unspecified atom stereocenters. The molecular formula is C25H33N3O2S. The summed E-state index contributed by atoms with van der Waals surface area (Å²) in [6.45, 7) is 10.7. The molecule has 2 atom stereocenters. The van der Waals surface area contributed by atoms with Crippen molar-refractivity contribution in [2.75, 3.05) is 5.32 Å². The van der Waals surface area contributed by atoms with Gasteiger partial charge < -0.3 is 10.4 Å². The van der Waals surface area contributed by atoms with Crippen LogP contribution in [-0.4, -0.2) is 27.3 Å². The molecule has 4 rings (SSSR count). The molecule has 1 aromatic carbocycles. The first-order chi connectivity index (χ1) is 14.3. The first-order valence-corrected chi connectivity index (χ1v) is 11.4. The molecular weight excluding hydrogens is 406 g/mol. The number of aliphatic hydroxyl groups is 1. The molecule has 1 aromatic rings. The number of nitrogens with one attached hydrogen (secondary N) is 2. The van der Waals surface area contributed by atoms with Crippen LogP contribution in [0.15, 0.2) is 46.6 Å². The number of allylic oxidation sites excluding steroid dienone is 1. The minimum absolute atomic E-state index is 0.00967. The quantitative estimate of drug-likeness (QED) is 0.448. The molecule has 6 heteroatoms. The number of anilines is 1. The zero-order chi connectivity index (χ0) is 22.7. The third kappa shape index (κ3) is 4.20. The Bertz CT molecular complexity index is 995. The summed E-state index contributed by atoms with van der Waals surface area (Å²) >= 11 is 5.37. The van der Waals surface area contributed by atoms with Crippen LogP contribution in [-0.2, 0) is 4.79 Å². The molecule has 31 heavy (non-hydrogen) atoms. The van der Waals surface area contributed by atoms with E-state index in [0.717, 1.165) is 30.5 Å². The van der Waals surface area contributed by atoms with Crippen LogP contribution in [0.3, 0.4) is 0 Å². The fraction of sp³-hybridized carbons (Fsp3) is 0.560. The number of rotatable bonds is 2. The Hall–Kier alpha value is -2.05. The molecule has 0 aliphatic heterocycles. The summed E-state index contributed by atoms with van der Waals surface area (Å²) in [5.74, 6) is -0.136. The molecule has 3 aliphatic rings. The monoisotopic (exact) mass is 439 g/mol. The van der Waals surface area contributed by atoms with E-state index in [4.69, 9.17) is 12.2 Å². The van der Waals surface area contributed by atoms with Crippen LogP contribution in [0.4, 0.5) is 5.69 Å². The van der Waals surface area contributed by atoms with E-state index >= 15 is 0 Å². The van der Waals surface area contributed by atoms with Crippen LogP contribution in [0, 0.1) is 16.2 Å². The van der Waals surface area contributed by atoms with Crippen LogP contribution in [0.1, 0.15) is 66.7 Å². The summed E-state index contributed by atoms with van der Waals surface area (Å²) in [6.07, 6.45) is 3.91. The van der Waals surface area contributed by atoms with Crippen molar-refractivity contribution >= 4 is 34.5 Å². The van der Waals surface area contributed by atoms with E-state index in [1.165, 1.54) is 0 Å². The summed E-state index contributed by atoms with van der Waals surface area (Å²) in [5.41, 5.74) is 4.36. The van der Waals surface area contributed by atoms with Crippen molar-refractivity contribution in [3.63, 3.8) is 0 Å². The molecule has 2 bridgehead atoms. The fourth-order valence-corrected chi connectivity index (χ4v) is 6.79. The highest BCUT2D eigenvalue weighted by molar-refractivity contribution is 7.80. The van der Waals surface area contributed by atoms with Crippen molar-refractivity contribution in [3.8, 4) is 0 Å². The van der Waals surface area contributed by atoms with Gasteiger partial charge >= 0.3 is 0 Å².